The zero-order valence-corrected chi connectivity index (χ0v) is 10.3. The van der Waals surface area contributed by atoms with Crippen LogP contribution in [0.15, 0.2) is 30.3 Å². The van der Waals surface area contributed by atoms with Gasteiger partial charge in [-0.25, -0.2) is 17.6 Å². The van der Waals surface area contributed by atoms with Crippen LogP contribution in [0.4, 0.5) is 17.6 Å². The monoisotopic (exact) mass is 286 g/mol. The number of halogens is 4. The summed E-state index contributed by atoms with van der Waals surface area (Å²) in [4.78, 5) is 0. The van der Waals surface area contributed by atoms with Gasteiger partial charge < -0.3 is 9.84 Å². The van der Waals surface area contributed by atoms with Crippen LogP contribution < -0.4 is 4.74 Å². The molecule has 0 spiro atoms. The van der Waals surface area contributed by atoms with Gasteiger partial charge in [0.25, 0.3) is 0 Å². The van der Waals surface area contributed by atoms with Gasteiger partial charge in [0.1, 0.15) is 11.9 Å². The van der Waals surface area contributed by atoms with Crippen LogP contribution in [0.1, 0.15) is 17.2 Å². The zero-order valence-electron chi connectivity index (χ0n) is 10.3. The standard InChI is InChI=1S/C14H10F4O2/c1-20-13-3-2-7(4-12(13)18)14(19)8-5-10(16)11(17)6-9(8)15/h2-6,14,19H,1H3. The van der Waals surface area contributed by atoms with E-state index in [2.05, 4.69) is 0 Å². The molecule has 1 atom stereocenters. The van der Waals surface area contributed by atoms with Gasteiger partial charge in [-0.3, -0.25) is 0 Å². The molecule has 0 aliphatic carbocycles. The fourth-order valence-electron chi connectivity index (χ4n) is 1.78. The molecule has 6 heteroatoms. The van der Waals surface area contributed by atoms with Crippen LogP contribution in [0, 0.1) is 23.3 Å². The first kappa shape index (κ1) is 14.3. The second-order valence-electron chi connectivity index (χ2n) is 4.08. The molecule has 20 heavy (non-hydrogen) atoms. The Kier molecular flexibility index (Phi) is 3.94. The summed E-state index contributed by atoms with van der Waals surface area (Å²) >= 11 is 0. The van der Waals surface area contributed by atoms with E-state index in [1.165, 1.54) is 19.2 Å². The van der Waals surface area contributed by atoms with Crippen molar-refractivity contribution in [3.8, 4) is 5.75 Å². The van der Waals surface area contributed by atoms with E-state index in [1.807, 2.05) is 0 Å². The normalized spacial score (nSPS) is 12.3. The smallest absolute Gasteiger partial charge is 0.165 e. The van der Waals surface area contributed by atoms with E-state index in [0.29, 0.717) is 12.1 Å². The average Bonchev–Trinajstić information content (AvgIpc) is 2.42. The highest BCUT2D eigenvalue weighted by Crippen LogP contribution is 2.28. The summed E-state index contributed by atoms with van der Waals surface area (Å²) in [6.45, 7) is 0. The van der Waals surface area contributed by atoms with Crippen molar-refractivity contribution in [1.29, 1.82) is 0 Å². The van der Waals surface area contributed by atoms with E-state index in [9.17, 15) is 22.7 Å². The summed E-state index contributed by atoms with van der Waals surface area (Å²) < 4.78 is 57.6. The molecule has 0 saturated carbocycles. The van der Waals surface area contributed by atoms with E-state index in [0.717, 1.165) is 6.07 Å². The van der Waals surface area contributed by atoms with Crippen molar-refractivity contribution in [1.82, 2.24) is 0 Å². The van der Waals surface area contributed by atoms with Gasteiger partial charge in [-0.1, -0.05) is 6.07 Å². The molecule has 2 aromatic rings. The summed E-state index contributed by atoms with van der Waals surface area (Å²) in [5.41, 5.74) is -0.485. The van der Waals surface area contributed by atoms with Gasteiger partial charge in [0.2, 0.25) is 0 Å². The zero-order chi connectivity index (χ0) is 14.9. The number of methoxy groups -OCH3 is 1. The Bertz CT molecular complexity index is 643. The highest BCUT2D eigenvalue weighted by Gasteiger charge is 2.19. The van der Waals surface area contributed by atoms with Crippen LogP contribution in [0.2, 0.25) is 0 Å². The summed E-state index contributed by atoms with van der Waals surface area (Å²) in [6, 6.07) is 4.34. The Balaban J connectivity index is 2.43. The molecule has 0 fully saturated rings. The molecule has 2 rings (SSSR count). The highest BCUT2D eigenvalue weighted by molar-refractivity contribution is 5.36. The third-order valence-electron chi connectivity index (χ3n) is 2.83. The largest absolute Gasteiger partial charge is 0.494 e. The van der Waals surface area contributed by atoms with E-state index in [-0.39, 0.29) is 11.3 Å². The molecule has 1 N–H and O–H groups in total. The molecule has 0 aliphatic heterocycles. The minimum absolute atomic E-state index is 0.00629. The fourth-order valence-corrected chi connectivity index (χ4v) is 1.78. The summed E-state index contributed by atoms with van der Waals surface area (Å²) in [6.07, 6.45) is -1.62. The highest BCUT2D eigenvalue weighted by atomic mass is 19.2. The minimum atomic E-state index is -1.62. The SMILES string of the molecule is COc1ccc(C(O)c2cc(F)c(F)cc2F)cc1F. The molecule has 0 radical (unpaired) electrons. The van der Waals surface area contributed by atoms with E-state index >= 15 is 0 Å². The first-order chi connectivity index (χ1) is 9.43. The molecule has 2 nitrogen and oxygen atoms in total. The van der Waals surface area contributed by atoms with Crippen molar-refractivity contribution in [3.63, 3.8) is 0 Å². The Labute approximate surface area is 112 Å². The summed E-state index contributed by atoms with van der Waals surface area (Å²) in [5, 5.41) is 9.94. The number of aliphatic hydroxyl groups excluding tert-OH is 1. The van der Waals surface area contributed by atoms with Gasteiger partial charge in [0.05, 0.1) is 7.11 Å². The predicted octanol–water partition coefficient (Wildman–Crippen LogP) is 3.33. The van der Waals surface area contributed by atoms with E-state index < -0.39 is 34.9 Å². The van der Waals surface area contributed by atoms with Gasteiger partial charge in [-0.05, 0) is 23.8 Å². The second-order valence-corrected chi connectivity index (χ2v) is 4.08. The topological polar surface area (TPSA) is 29.5 Å². The molecule has 0 aromatic heterocycles. The van der Waals surface area contributed by atoms with Crippen molar-refractivity contribution in [3.05, 3.63) is 64.7 Å². The minimum Gasteiger partial charge on any atom is -0.494 e. The number of hydrogen-bond donors (Lipinski definition) is 1. The number of ether oxygens (including phenoxy) is 1. The number of hydrogen-bond acceptors (Lipinski definition) is 2. The number of benzene rings is 2. The maximum atomic E-state index is 13.5. The van der Waals surface area contributed by atoms with E-state index in [1.54, 1.807) is 0 Å². The lowest BCUT2D eigenvalue weighted by molar-refractivity contribution is 0.213. The Morgan fingerprint density at radius 3 is 2.15 bits per heavy atom. The van der Waals surface area contributed by atoms with Crippen LogP contribution in [-0.4, -0.2) is 12.2 Å². The lowest BCUT2D eigenvalue weighted by Crippen LogP contribution is -2.05. The molecule has 106 valence electrons. The quantitative estimate of drug-likeness (QED) is 0.692. The van der Waals surface area contributed by atoms with Crippen LogP contribution in [0.5, 0.6) is 5.75 Å². The van der Waals surface area contributed by atoms with Crippen molar-refractivity contribution >= 4 is 0 Å². The Morgan fingerprint density at radius 1 is 0.900 bits per heavy atom. The second kappa shape index (κ2) is 5.50. The molecule has 0 saturated heterocycles. The Morgan fingerprint density at radius 2 is 1.55 bits per heavy atom. The van der Waals surface area contributed by atoms with Crippen molar-refractivity contribution in [2.45, 2.75) is 6.10 Å². The lowest BCUT2D eigenvalue weighted by Gasteiger charge is -2.14. The number of aliphatic hydroxyl groups is 1. The van der Waals surface area contributed by atoms with Crippen LogP contribution >= 0.6 is 0 Å². The number of rotatable bonds is 3. The van der Waals surface area contributed by atoms with Crippen LogP contribution in [0.25, 0.3) is 0 Å². The molecule has 2 aromatic carbocycles. The molecule has 0 bridgehead atoms. The van der Waals surface area contributed by atoms with Crippen molar-refractivity contribution < 1.29 is 27.4 Å². The Hall–Kier alpha value is -2.08. The van der Waals surface area contributed by atoms with Crippen molar-refractivity contribution in [2.75, 3.05) is 7.11 Å². The third-order valence-corrected chi connectivity index (χ3v) is 2.83. The van der Waals surface area contributed by atoms with Crippen LogP contribution in [0.3, 0.4) is 0 Å². The summed E-state index contributed by atoms with van der Waals surface area (Å²) in [7, 11) is 1.27. The van der Waals surface area contributed by atoms with Gasteiger partial charge in [-0.15, -0.1) is 0 Å². The molecule has 1 unspecified atom stereocenters. The first-order valence-corrected chi connectivity index (χ1v) is 5.60. The van der Waals surface area contributed by atoms with Crippen molar-refractivity contribution in [2.24, 2.45) is 0 Å². The third kappa shape index (κ3) is 2.60. The molecular weight excluding hydrogens is 276 g/mol. The predicted molar refractivity (Wildman–Crippen MR) is 63.3 cm³/mol. The van der Waals surface area contributed by atoms with Gasteiger partial charge in [0.15, 0.2) is 23.2 Å². The van der Waals surface area contributed by atoms with Crippen LogP contribution in [-0.2, 0) is 0 Å². The lowest BCUT2D eigenvalue weighted by atomic mass is 10.0. The average molecular weight is 286 g/mol. The first-order valence-electron chi connectivity index (χ1n) is 5.60. The maximum Gasteiger partial charge on any atom is 0.165 e. The molecule has 0 heterocycles. The van der Waals surface area contributed by atoms with Gasteiger partial charge >= 0.3 is 0 Å². The molecule has 0 aliphatic rings. The fraction of sp³-hybridized carbons (Fsp3) is 0.143. The maximum absolute atomic E-state index is 13.5. The van der Waals surface area contributed by atoms with Gasteiger partial charge in [0, 0.05) is 11.6 Å². The summed E-state index contributed by atoms with van der Waals surface area (Å²) in [5.74, 6) is -4.58. The van der Waals surface area contributed by atoms with Gasteiger partial charge in [-0.2, -0.15) is 0 Å². The molecular formula is C14H10F4O2. The molecule has 0 amide bonds. The van der Waals surface area contributed by atoms with E-state index in [4.69, 9.17) is 4.74 Å².